The summed E-state index contributed by atoms with van der Waals surface area (Å²) in [5.74, 6) is -0.873. The Labute approximate surface area is 106 Å². The van der Waals surface area contributed by atoms with Gasteiger partial charge in [-0.05, 0) is 6.92 Å². The van der Waals surface area contributed by atoms with Crippen LogP contribution in [0.25, 0.3) is 0 Å². The Balaban J connectivity index is 2.78. The zero-order valence-electron chi connectivity index (χ0n) is 9.58. The van der Waals surface area contributed by atoms with E-state index >= 15 is 0 Å². The van der Waals surface area contributed by atoms with Crippen molar-refractivity contribution in [1.29, 1.82) is 0 Å². The van der Waals surface area contributed by atoms with Crippen molar-refractivity contribution >= 4 is 23.8 Å². The molecule has 1 aliphatic heterocycles. The van der Waals surface area contributed by atoms with Crippen LogP contribution in [0.5, 0.6) is 0 Å². The van der Waals surface area contributed by atoms with E-state index in [2.05, 4.69) is 0 Å². The maximum atomic E-state index is 12.7. The number of carbonyl (C=O) groups excluding carboxylic acids is 1. The Morgan fingerprint density at radius 1 is 1.28 bits per heavy atom. The number of urea groups is 1. The van der Waals surface area contributed by atoms with Crippen molar-refractivity contribution in [2.24, 2.45) is 0 Å². The minimum absolute atomic E-state index is 0.310. The Morgan fingerprint density at radius 3 is 2.17 bits per heavy atom. The standard InChI is InChI=1S/C9H13F3N2O3S/c1-8(6(15)16,9(10,11)12)13-7(17)14-2-4-18-5-3-14/h2-5H2,1H3,(H,13,17)(H,15,16). The molecular weight excluding hydrogens is 273 g/mol. The number of aliphatic carboxylic acids is 1. The third-order valence-electron chi connectivity index (χ3n) is 2.65. The lowest BCUT2D eigenvalue weighted by Gasteiger charge is -2.33. The van der Waals surface area contributed by atoms with Crippen molar-refractivity contribution in [3.63, 3.8) is 0 Å². The lowest BCUT2D eigenvalue weighted by atomic mass is 10.0. The van der Waals surface area contributed by atoms with E-state index in [0.29, 0.717) is 31.5 Å². The topological polar surface area (TPSA) is 69.6 Å². The van der Waals surface area contributed by atoms with E-state index in [-0.39, 0.29) is 0 Å². The van der Waals surface area contributed by atoms with Crippen molar-refractivity contribution in [2.75, 3.05) is 24.6 Å². The molecule has 0 aromatic rings. The van der Waals surface area contributed by atoms with E-state index in [0.717, 1.165) is 0 Å². The van der Waals surface area contributed by atoms with E-state index in [1.807, 2.05) is 0 Å². The van der Waals surface area contributed by atoms with Crippen LogP contribution in [0.2, 0.25) is 0 Å². The minimum Gasteiger partial charge on any atom is -0.479 e. The van der Waals surface area contributed by atoms with Crippen LogP contribution < -0.4 is 5.32 Å². The Kier molecular flexibility index (Phi) is 4.36. The molecule has 0 saturated carbocycles. The molecule has 1 aliphatic rings. The van der Waals surface area contributed by atoms with Gasteiger partial charge < -0.3 is 15.3 Å². The monoisotopic (exact) mass is 286 g/mol. The molecule has 1 atom stereocenters. The fourth-order valence-electron chi connectivity index (χ4n) is 1.30. The van der Waals surface area contributed by atoms with Gasteiger partial charge in [0.15, 0.2) is 0 Å². The van der Waals surface area contributed by atoms with Crippen molar-refractivity contribution in [2.45, 2.75) is 18.6 Å². The summed E-state index contributed by atoms with van der Waals surface area (Å²) >= 11 is 1.59. The molecule has 0 spiro atoms. The molecule has 1 heterocycles. The van der Waals surface area contributed by atoms with Gasteiger partial charge in [-0.2, -0.15) is 24.9 Å². The first-order chi connectivity index (χ1) is 8.18. The largest absolute Gasteiger partial charge is 0.479 e. The van der Waals surface area contributed by atoms with Gasteiger partial charge in [-0.25, -0.2) is 9.59 Å². The van der Waals surface area contributed by atoms with E-state index in [4.69, 9.17) is 5.11 Å². The number of hydrogen-bond donors (Lipinski definition) is 2. The van der Waals surface area contributed by atoms with Crippen LogP contribution in [0, 0.1) is 0 Å². The molecular formula is C9H13F3N2O3S. The predicted molar refractivity (Wildman–Crippen MR) is 59.5 cm³/mol. The van der Waals surface area contributed by atoms with Crippen LogP contribution in [0.1, 0.15) is 6.92 Å². The first-order valence-corrected chi connectivity index (χ1v) is 6.29. The highest BCUT2D eigenvalue weighted by Crippen LogP contribution is 2.30. The molecule has 104 valence electrons. The van der Waals surface area contributed by atoms with Crippen LogP contribution in [-0.2, 0) is 4.79 Å². The van der Waals surface area contributed by atoms with Gasteiger partial charge in [-0.3, -0.25) is 0 Å². The highest BCUT2D eigenvalue weighted by atomic mass is 32.2. The van der Waals surface area contributed by atoms with Gasteiger partial charge in [0.25, 0.3) is 0 Å². The number of nitrogens with zero attached hydrogens (tertiary/aromatic N) is 1. The second kappa shape index (κ2) is 5.25. The lowest BCUT2D eigenvalue weighted by Crippen LogP contribution is -2.64. The average molecular weight is 286 g/mol. The molecule has 1 rings (SSSR count). The van der Waals surface area contributed by atoms with Crippen LogP contribution in [0.3, 0.4) is 0 Å². The number of alkyl halides is 3. The van der Waals surface area contributed by atoms with Crippen LogP contribution >= 0.6 is 11.8 Å². The van der Waals surface area contributed by atoms with Gasteiger partial charge in [-0.15, -0.1) is 0 Å². The number of carbonyl (C=O) groups is 2. The minimum atomic E-state index is -5.06. The van der Waals surface area contributed by atoms with E-state index < -0.39 is 23.7 Å². The third-order valence-corrected chi connectivity index (χ3v) is 3.59. The fourth-order valence-corrected chi connectivity index (χ4v) is 2.21. The van der Waals surface area contributed by atoms with E-state index in [1.54, 1.807) is 17.1 Å². The normalized spacial score (nSPS) is 20.1. The summed E-state index contributed by atoms with van der Waals surface area (Å²) in [6.07, 6.45) is -5.06. The Hall–Kier alpha value is -1.12. The fraction of sp³-hybridized carbons (Fsp3) is 0.778. The van der Waals surface area contributed by atoms with E-state index in [1.165, 1.54) is 4.90 Å². The average Bonchev–Trinajstić information content (AvgIpc) is 2.28. The molecule has 18 heavy (non-hydrogen) atoms. The molecule has 5 nitrogen and oxygen atoms in total. The molecule has 0 aliphatic carbocycles. The SMILES string of the molecule is CC(NC(=O)N1CCSCC1)(C(=O)O)C(F)(F)F. The summed E-state index contributed by atoms with van der Waals surface area (Å²) in [6.45, 7) is 1.06. The number of halogens is 3. The van der Waals surface area contributed by atoms with Gasteiger partial charge in [0, 0.05) is 24.6 Å². The Morgan fingerprint density at radius 2 is 1.78 bits per heavy atom. The number of thioether (sulfide) groups is 1. The summed E-state index contributed by atoms with van der Waals surface area (Å²) < 4.78 is 38.0. The van der Waals surface area contributed by atoms with Crippen molar-refractivity contribution in [1.82, 2.24) is 10.2 Å². The maximum Gasteiger partial charge on any atom is 0.422 e. The molecule has 2 N–H and O–H groups in total. The van der Waals surface area contributed by atoms with Crippen molar-refractivity contribution in [3.8, 4) is 0 Å². The number of carboxylic acids is 1. The number of rotatable bonds is 2. The first kappa shape index (κ1) is 14.9. The molecule has 9 heteroatoms. The molecule has 0 bridgehead atoms. The molecule has 0 aromatic heterocycles. The summed E-state index contributed by atoms with van der Waals surface area (Å²) in [5.41, 5.74) is -3.27. The van der Waals surface area contributed by atoms with Crippen LogP contribution in [-0.4, -0.2) is 58.3 Å². The van der Waals surface area contributed by atoms with Crippen molar-refractivity contribution < 1.29 is 27.9 Å². The second-order valence-electron chi connectivity index (χ2n) is 3.96. The summed E-state index contributed by atoms with van der Waals surface area (Å²) in [6, 6.07) is -1.00. The lowest BCUT2D eigenvalue weighted by molar-refractivity contribution is -0.203. The smallest absolute Gasteiger partial charge is 0.422 e. The predicted octanol–water partition coefficient (Wildman–Crippen LogP) is 1.15. The molecule has 0 aromatic carbocycles. The van der Waals surface area contributed by atoms with Gasteiger partial charge in [0.2, 0.25) is 5.54 Å². The zero-order valence-corrected chi connectivity index (χ0v) is 10.4. The van der Waals surface area contributed by atoms with Gasteiger partial charge in [-0.1, -0.05) is 0 Å². The number of carboxylic acid groups (broad SMARTS) is 1. The molecule has 0 radical (unpaired) electrons. The summed E-state index contributed by atoms with van der Waals surface area (Å²) in [5, 5.41) is 10.2. The number of hydrogen-bond acceptors (Lipinski definition) is 3. The number of amides is 2. The second-order valence-corrected chi connectivity index (χ2v) is 5.18. The first-order valence-electron chi connectivity index (χ1n) is 5.13. The van der Waals surface area contributed by atoms with E-state index in [9.17, 15) is 22.8 Å². The highest BCUT2D eigenvalue weighted by molar-refractivity contribution is 7.99. The maximum absolute atomic E-state index is 12.7. The van der Waals surface area contributed by atoms with Crippen LogP contribution in [0.15, 0.2) is 0 Å². The highest BCUT2D eigenvalue weighted by Gasteiger charge is 2.58. The van der Waals surface area contributed by atoms with Crippen LogP contribution in [0.4, 0.5) is 18.0 Å². The van der Waals surface area contributed by atoms with Gasteiger partial charge in [0.1, 0.15) is 0 Å². The summed E-state index contributed by atoms with van der Waals surface area (Å²) in [4.78, 5) is 23.5. The van der Waals surface area contributed by atoms with Crippen molar-refractivity contribution in [3.05, 3.63) is 0 Å². The van der Waals surface area contributed by atoms with Gasteiger partial charge >= 0.3 is 18.2 Å². The molecule has 1 unspecified atom stereocenters. The number of nitrogens with one attached hydrogen (secondary N) is 1. The molecule has 1 fully saturated rings. The molecule has 2 amide bonds. The van der Waals surface area contributed by atoms with Gasteiger partial charge in [0.05, 0.1) is 0 Å². The summed E-state index contributed by atoms with van der Waals surface area (Å²) in [7, 11) is 0. The quantitative estimate of drug-likeness (QED) is 0.799. The Bertz CT molecular complexity index is 344. The zero-order chi connectivity index (χ0) is 14.0. The molecule has 1 saturated heterocycles. The third kappa shape index (κ3) is 3.01.